The molecule has 3 nitrogen and oxygen atoms in total. The van der Waals surface area contributed by atoms with Crippen LogP contribution in [0.15, 0.2) is 45.3 Å². The second-order valence-electron chi connectivity index (χ2n) is 4.52. The van der Waals surface area contributed by atoms with Gasteiger partial charge in [-0.1, -0.05) is 34.1 Å². The number of hydrogen-bond donors (Lipinski definition) is 1. The molecule has 2 aromatic carbocycles. The lowest BCUT2D eigenvalue weighted by Crippen LogP contribution is -2.06. The highest BCUT2D eigenvalue weighted by molar-refractivity contribution is 9.10. The summed E-state index contributed by atoms with van der Waals surface area (Å²) in [5.74, 6) is 1.44. The molecule has 0 saturated carbocycles. The fourth-order valence-electron chi connectivity index (χ4n) is 1.98. The molecule has 0 atom stereocenters. The summed E-state index contributed by atoms with van der Waals surface area (Å²) in [4.78, 5) is 0. The van der Waals surface area contributed by atoms with E-state index in [0.717, 1.165) is 32.4 Å². The van der Waals surface area contributed by atoms with Gasteiger partial charge in [-0.25, -0.2) is 0 Å². The molecule has 2 aromatic rings. The van der Waals surface area contributed by atoms with Crippen LogP contribution in [-0.4, -0.2) is 14.2 Å². The van der Waals surface area contributed by atoms with E-state index in [1.807, 2.05) is 43.4 Å². The summed E-state index contributed by atoms with van der Waals surface area (Å²) in [7, 11) is 3.56. The second kappa shape index (κ2) is 7.82. The molecule has 0 bridgehead atoms. The molecule has 0 saturated heterocycles. The molecule has 21 heavy (non-hydrogen) atoms. The van der Waals surface area contributed by atoms with Crippen molar-refractivity contribution in [2.24, 2.45) is 0 Å². The van der Waals surface area contributed by atoms with E-state index in [-0.39, 0.29) is 0 Å². The van der Waals surface area contributed by atoms with Crippen LogP contribution < -0.4 is 14.8 Å². The molecule has 0 radical (unpaired) electrons. The molecule has 0 amide bonds. The zero-order valence-corrected chi connectivity index (χ0v) is 15.1. The third-order valence-corrected chi connectivity index (χ3v) is 4.36. The van der Waals surface area contributed by atoms with Crippen LogP contribution in [0.25, 0.3) is 0 Å². The van der Waals surface area contributed by atoms with E-state index in [9.17, 15) is 0 Å². The van der Waals surface area contributed by atoms with Gasteiger partial charge in [-0.05, 0) is 46.7 Å². The molecule has 0 aliphatic heterocycles. The quantitative estimate of drug-likeness (QED) is 0.753. The fraction of sp³-hybridized carbons (Fsp3) is 0.250. The molecule has 2 rings (SSSR count). The first-order valence-electron chi connectivity index (χ1n) is 6.53. The van der Waals surface area contributed by atoms with Gasteiger partial charge in [-0.2, -0.15) is 0 Å². The highest BCUT2D eigenvalue weighted by Gasteiger charge is 2.12. The molecular formula is C16H17Br2NO2. The van der Waals surface area contributed by atoms with Crippen LogP contribution >= 0.6 is 31.9 Å². The highest BCUT2D eigenvalue weighted by atomic mass is 79.9. The Kier molecular flexibility index (Phi) is 6.08. The lowest BCUT2D eigenvalue weighted by molar-refractivity contribution is 0.282. The molecule has 0 aromatic heterocycles. The Morgan fingerprint density at radius 3 is 2.52 bits per heavy atom. The molecule has 1 N–H and O–H groups in total. The van der Waals surface area contributed by atoms with E-state index in [1.165, 1.54) is 0 Å². The van der Waals surface area contributed by atoms with E-state index < -0.39 is 0 Å². The van der Waals surface area contributed by atoms with Gasteiger partial charge in [0, 0.05) is 16.6 Å². The molecule has 0 aliphatic rings. The first-order chi connectivity index (χ1) is 10.2. The first-order valence-corrected chi connectivity index (χ1v) is 8.11. The van der Waals surface area contributed by atoms with Crippen molar-refractivity contribution in [2.75, 3.05) is 14.2 Å². The number of benzene rings is 2. The van der Waals surface area contributed by atoms with E-state index in [4.69, 9.17) is 9.47 Å². The van der Waals surface area contributed by atoms with Crippen LogP contribution in [0.4, 0.5) is 0 Å². The van der Waals surface area contributed by atoms with Crippen LogP contribution in [0.2, 0.25) is 0 Å². The van der Waals surface area contributed by atoms with E-state index in [1.54, 1.807) is 7.11 Å². The van der Waals surface area contributed by atoms with Crippen molar-refractivity contribution < 1.29 is 9.47 Å². The Balaban J connectivity index is 2.21. The van der Waals surface area contributed by atoms with Gasteiger partial charge in [-0.15, -0.1) is 0 Å². The van der Waals surface area contributed by atoms with Gasteiger partial charge in [0.15, 0.2) is 11.5 Å². The monoisotopic (exact) mass is 413 g/mol. The number of nitrogens with one attached hydrogen (secondary N) is 1. The van der Waals surface area contributed by atoms with E-state index >= 15 is 0 Å². The Morgan fingerprint density at radius 2 is 1.86 bits per heavy atom. The topological polar surface area (TPSA) is 30.5 Å². The van der Waals surface area contributed by atoms with Gasteiger partial charge in [0.25, 0.3) is 0 Å². The SMILES string of the molecule is CNCc1cc(Br)c(OCc2ccccc2Br)c(OC)c1. The van der Waals surface area contributed by atoms with Crippen LogP contribution in [0.1, 0.15) is 11.1 Å². The van der Waals surface area contributed by atoms with Crippen molar-refractivity contribution in [1.82, 2.24) is 5.32 Å². The zero-order valence-electron chi connectivity index (χ0n) is 12.0. The largest absolute Gasteiger partial charge is 0.493 e. The molecule has 0 unspecified atom stereocenters. The van der Waals surface area contributed by atoms with Gasteiger partial charge in [0.2, 0.25) is 0 Å². The predicted octanol–water partition coefficient (Wildman–Crippen LogP) is 4.52. The highest BCUT2D eigenvalue weighted by Crippen LogP contribution is 2.37. The van der Waals surface area contributed by atoms with E-state index in [0.29, 0.717) is 12.4 Å². The van der Waals surface area contributed by atoms with E-state index in [2.05, 4.69) is 37.2 Å². The summed E-state index contributed by atoms with van der Waals surface area (Å²) in [6.07, 6.45) is 0. The summed E-state index contributed by atoms with van der Waals surface area (Å²) in [5, 5.41) is 3.12. The van der Waals surface area contributed by atoms with Crippen LogP contribution in [0.3, 0.4) is 0 Å². The normalized spacial score (nSPS) is 10.5. The van der Waals surface area contributed by atoms with Crippen molar-refractivity contribution in [2.45, 2.75) is 13.2 Å². The maximum Gasteiger partial charge on any atom is 0.175 e. The number of methoxy groups -OCH3 is 1. The summed E-state index contributed by atoms with van der Waals surface area (Å²) < 4.78 is 13.3. The van der Waals surface area contributed by atoms with Gasteiger partial charge >= 0.3 is 0 Å². The number of hydrogen-bond acceptors (Lipinski definition) is 3. The number of rotatable bonds is 6. The average molecular weight is 415 g/mol. The predicted molar refractivity (Wildman–Crippen MR) is 91.9 cm³/mol. The second-order valence-corrected chi connectivity index (χ2v) is 6.23. The van der Waals surface area contributed by atoms with Crippen molar-refractivity contribution in [3.8, 4) is 11.5 Å². The van der Waals surface area contributed by atoms with Crippen molar-refractivity contribution in [3.63, 3.8) is 0 Å². The standard InChI is InChI=1S/C16H17Br2NO2/c1-19-9-11-7-14(18)16(15(8-11)20-2)21-10-12-5-3-4-6-13(12)17/h3-8,19H,9-10H2,1-2H3. The van der Waals surface area contributed by atoms with Gasteiger partial charge in [0.1, 0.15) is 6.61 Å². The van der Waals surface area contributed by atoms with Crippen LogP contribution in [0, 0.1) is 0 Å². The summed E-state index contributed by atoms with van der Waals surface area (Å²) >= 11 is 7.08. The Morgan fingerprint density at radius 1 is 1.10 bits per heavy atom. The third kappa shape index (κ3) is 4.22. The first kappa shape index (κ1) is 16.3. The van der Waals surface area contributed by atoms with Crippen molar-refractivity contribution in [3.05, 3.63) is 56.5 Å². The molecule has 0 heterocycles. The average Bonchev–Trinajstić information content (AvgIpc) is 2.47. The lowest BCUT2D eigenvalue weighted by Gasteiger charge is -2.15. The van der Waals surface area contributed by atoms with Gasteiger partial charge in [0.05, 0.1) is 11.6 Å². The molecule has 0 fully saturated rings. The number of ether oxygens (including phenoxy) is 2. The maximum atomic E-state index is 5.94. The fourth-order valence-corrected chi connectivity index (χ4v) is 2.99. The maximum absolute atomic E-state index is 5.94. The Hall–Kier alpha value is -1.04. The lowest BCUT2D eigenvalue weighted by atomic mass is 10.2. The molecule has 5 heteroatoms. The number of halogens is 2. The minimum absolute atomic E-state index is 0.474. The summed E-state index contributed by atoms with van der Waals surface area (Å²) in [6.45, 7) is 1.25. The minimum atomic E-state index is 0.474. The Bertz CT molecular complexity index is 617. The zero-order chi connectivity index (χ0) is 15.2. The van der Waals surface area contributed by atoms with Gasteiger partial charge < -0.3 is 14.8 Å². The van der Waals surface area contributed by atoms with Gasteiger partial charge in [-0.3, -0.25) is 0 Å². The molecular weight excluding hydrogens is 398 g/mol. The smallest absolute Gasteiger partial charge is 0.175 e. The van der Waals surface area contributed by atoms with Crippen molar-refractivity contribution in [1.29, 1.82) is 0 Å². The minimum Gasteiger partial charge on any atom is -0.493 e. The van der Waals surface area contributed by atoms with Crippen LogP contribution in [-0.2, 0) is 13.2 Å². The molecule has 0 aliphatic carbocycles. The van der Waals surface area contributed by atoms with Crippen LogP contribution in [0.5, 0.6) is 11.5 Å². The third-order valence-electron chi connectivity index (χ3n) is 3.00. The van der Waals surface area contributed by atoms with Crippen molar-refractivity contribution >= 4 is 31.9 Å². The molecule has 112 valence electrons. The molecule has 0 spiro atoms. The summed E-state index contributed by atoms with van der Waals surface area (Å²) in [6, 6.07) is 12.0. The summed E-state index contributed by atoms with van der Waals surface area (Å²) in [5.41, 5.74) is 2.22. The Labute approximate surface area is 141 Å².